The number of benzene rings is 1. The van der Waals surface area contributed by atoms with Gasteiger partial charge >= 0.3 is 5.97 Å². The molecular weight excluding hydrogens is 249 g/mol. The molecule has 0 bridgehead atoms. The third-order valence-corrected chi connectivity index (χ3v) is 3.64. The molecule has 0 saturated heterocycles. The molecule has 1 aliphatic rings. The summed E-state index contributed by atoms with van der Waals surface area (Å²) in [6, 6.07) is 6.08. The van der Waals surface area contributed by atoms with E-state index in [1.807, 2.05) is 0 Å². The molecule has 1 saturated carbocycles. The molecule has 19 heavy (non-hydrogen) atoms. The molecule has 4 nitrogen and oxygen atoms in total. The Labute approximate surface area is 110 Å². The molecule has 0 radical (unpaired) electrons. The maximum Gasteiger partial charge on any atom is 0.325 e. The maximum atomic E-state index is 13.3. The monoisotopic (exact) mass is 265 g/mol. The minimum Gasteiger partial charge on any atom is -0.468 e. The van der Waals surface area contributed by atoms with Crippen molar-refractivity contribution in [3.05, 3.63) is 35.6 Å². The Balaban J connectivity index is 2.14. The Morgan fingerprint density at radius 1 is 1.42 bits per heavy atom. The van der Waals surface area contributed by atoms with Gasteiger partial charge in [-0.3, -0.25) is 9.59 Å². The fraction of sp³-hybridized carbons (Fsp3) is 0.429. The Morgan fingerprint density at radius 3 is 2.68 bits per heavy atom. The van der Waals surface area contributed by atoms with Gasteiger partial charge in [0.05, 0.1) is 12.5 Å². The summed E-state index contributed by atoms with van der Waals surface area (Å²) >= 11 is 0. The van der Waals surface area contributed by atoms with E-state index < -0.39 is 11.4 Å². The van der Waals surface area contributed by atoms with E-state index in [9.17, 15) is 14.0 Å². The summed E-state index contributed by atoms with van der Waals surface area (Å²) < 4.78 is 17.8. The van der Waals surface area contributed by atoms with Gasteiger partial charge in [-0.05, 0) is 30.5 Å². The summed E-state index contributed by atoms with van der Waals surface area (Å²) in [5, 5.41) is 2.56. The van der Waals surface area contributed by atoms with Gasteiger partial charge in [0.1, 0.15) is 12.4 Å². The molecule has 0 atom stereocenters. The number of methoxy groups -OCH3 is 1. The molecule has 1 aromatic carbocycles. The molecule has 0 aromatic heterocycles. The Kier molecular flexibility index (Phi) is 3.83. The Bertz CT molecular complexity index is 497. The average Bonchev–Trinajstić information content (AvgIpc) is 2.34. The van der Waals surface area contributed by atoms with Crippen LogP contribution in [0.3, 0.4) is 0 Å². The highest BCUT2D eigenvalue weighted by Gasteiger charge is 2.45. The summed E-state index contributed by atoms with van der Waals surface area (Å²) in [6.45, 7) is -0.160. The number of hydrogen-bond donors (Lipinski definition) is 1. The number of hydrogen-bond acceptors (Lipinski definition) is 3. The van der Waals surface area contributed by atoms with Gasteiger partial charge in [0.15, 0.2) is 0 Å². The molecule has 0 heterocycles. The van der Waals surface area contributed by atoms with Gasteiger partial charge in [0, 0.05) is 0 Å². The predicted octanol–water partition coefficient (Wildman–Crippen LogP) is 1.54. The third-order valence-electron chi connectivity index (χ3n) is 3.64. The van der Waals surface area contributed by atoms with Crippen LogP contribution in [-0.2, 0) is 19.7 Å². The minimum atomic E-state index is -0.698. The second-order valence-electron chi connectivity index (χ2n) is 4.70. The van der Waals surface area contributed by atoms with E-state index >= 15 is 0 Å². The number of rotatable bonds is 4. The number of carbonyl (C=O) groups is 2. The Morgan fingerprint density at radius 2 is 2.16 bits per heavy atom. The van der Waals surface area contributed by atoms with Gasteiger partial charge in [-0.15, -0.1) is 0 Å². The highest BCUT2D eigenvalue weighted by atomic mass is 19.1. The largest absolute Gasteiger partial charge is 0.468 e. The van der Waals surface area contributed by atoms with E-state index in [4.69, 9.17) is 0 Å². The lowest BCUT2D eigenvalue weighted by Gasteiger charge is -2.40. The van der Waals surface area contributed by atoms with Crippen LogP contribution in [-0.4, -0.2) is 25.5 Å². The fourth-order valence-corrected chi connectivity index (χ4v) is 2.36. The first-order chi connectivity index (χ1) is 9.08. The van der Waals surface area contributed by atoms with Crippen LogP contribution in [0.1, 0.15) is 24.8 Å². The zero-order chi connectivity index (χ0) is 13.9. The van der Waals surface area contributed by atoms with E-state index in [1.165, 1.54) is 19.2 Å². The minimum absolute atomic E-state index is 0.160. The van der Waals surface area contributed by atoms with Crippen LogP contribution in [0.4, 0.5) is 4.39 Å². The average molecular weight is 265 g/mol. The lowest BCUT2D eigenvalue weighted by Crippen LogP contribution is -2.50. The smallest absolute Gasteiger partial charge is 0.325 e. The van der Waals surface area contributed by atoms with Gasteiger partial charge in [0.2, 0.25) is 5.91 Å². The van der Waals surface area contributed by atoms with Gasteiger partial charge in [0.25, 0.3) is 0 Å². The molecule has 0 aliphatic heterocycles. The molecule has 1 aliphatic carbocycles. The van der Waals surface area contributed by atoms with Crippen molar-refractivity contribution < 1.29 is 18.7 Å². The van der Waals surface area contributed by atoms with Gasteiger partial charge in [-0.1, -0.05) is 18.6 Å². The molecule has 1 fully saturated rings. The van der Waals surface area contributed by atoms with Crippen LogP contribution in [0.2, 0.25) is 0 Å². The molecule has 5 heteroatoms. The van der Waals surface area contributed by atoms with Crippen molar-refractivity contribution in [1.29, 1.82) is 0 Å². The van der Waals surface area contributed by atoms with Crippen LogP contribution in [0.15, 0.2) is 24.3 Å². The maximum absolute atomic E-state index is 13.3. The lowest BCUT2D eigenvalue weighted by molar-refractivity contribution is -0.142. The topological polar surface area (TPSA) is 55.4 Å². The second-order valence-corrected chi connectivity index (χ2v) is 4.70. The Hall–Kier alpha value is -1.91. The van der Waals surface area contributed by atoms with Gasteiger partial charge in [-0.25, -0.2) is 4.39 Å². The molecule has 1 N–H and O–H groups in total. The standard InChI is InChI=1S/C14H16FNO3/c1-19-12(17)9-16-13(18)14(6-3-7-14)10-4-2-5-11(15)8-10/h2,4-5,8H,3,6-7,9H2,1H3,(H,16,18). The quantitative estimate of drug-likeness (QED) is 0.840. The number of amides is 1. The summed E-state index contributed by atoms with van der Waals surface area (Å²) in [7, 11) is 1.26. The SMILES string of the molecule is COC(=O)CNC(=O)C1(c2cccc(F)c2)CCC1. The third kappa shape index (κ3) is 2.59. The molecule has 0 spiro atoms. The summed E-state index contributed by atoms with van der Waals surface area (Å²) in [5.74, 6) is -1.10. The van der Waals surface area contributed by atoms with Crippen molar-refractivity contribution in [3.63, 3.8) is 0 Å². The second kappa shape index (κ2) is 5.38. The highest BCUT2D eigenvalue weighted by Crippen LogP contribution is 2.44. The van der Waals surface area contributed by atoms with E-state index in [2.05, 4.69) is 10.1 Å². The molecular formula is C14H16FNO3. The van der Waals surface area contributed by atoms with Gasteiger partial charge < -0.3 is 10.1 Å². The number of halogens is 1. The number of nitrogens with one attached hydrogen (secondary N) is 1. The normalized spacial score (nSPS) is 16.3. The van der Waals surface area contributed by atoms with Crippen molar-refractivity contribution in [2.75, 3.05) is 13.7 Å². The van der Waals surface area contributed by atoms with Crippen molar-refractivity contribution in [2.45, 2.75) is 24.7 Å². The fourth-order valence-electron chi connectivity index (χ4n) is 2.36. The van der Waals surface area contributed by atoms with E-state index in [0.29, 0.717) is 18.4 Å². The van der Waals surface area contributed by atoms with Crippen molar-refractivity contribution in [1.82, 2.24) is 5.32 Å². The van der Waals surface area contributed by atoms with Crippen molar-refractivity contribution in [3.8, 4) is 0 Å². The van der Waals surface area contributed by atoms with E-state index in [0.717, 1.165) is 6.42 Å². The molecule has 0 unspecified atom stereocenters. The predicted molar refractivity (Wildman–Crippen MR) is 67.0 cm³/mol. The number of ether oxygens (including phenoxy) is 1. The molecule has 102 valence electrons. The molecule has 1 aromatic rings. The van der Waals surface area contributed by atoms with Crippen LogP contribution < -0.4 is 5.32 Å². The van der Waals surface area contributed by atoms with Crippen LogP contribution >= 0.6 is 0 Å². The van der Waals surface area contributed by atoms with E-state index in [-0.39, 0.29) is 18.3 Å². The first kappa shape index (κ1) is 13.5. The van der Waals surface area contributed by atoms with Crippen molar-refractivity contribution >= 4 is 11.9 Å². The lowest BCUT2D eigenvalue weighted by atomic mass is 9.64. The zero-order valence-corrected chi connectivity index (χ0v) is 10.7. The van der Waals surface area contributed by atoms with E-state index in [1.54, 1.807) is 12.1 Å². The first-order valence-electron chi connectivity index (χ1n) is 6.20. The van der Waals surface area contributed by atoms with Crippen LogP contribution in [0.5, 0.6) is 0 Å². The number of carbonyl (C=O) groups excluding carboxylic acids is 2. The zero-order valence-electron chi connectivity index (χ0n) is 10.7. The summed E-state index contributed by atoms with van der Waals surface area (Å²) in [6.07, 6.45) is 2.26. The van der Waals surface area contributed by atoms with Gasteiger partial charge in [-0.2, -0.15) is 0 Å². The van der Waals surface area contributed by atoms with Crippen molar-refractivity contribution in [2.24, 2.45) is 0 Å². The number of esters is 1. The highest BCUT2D eigenvalue weighted by molar-refractivity contribution is 5.91. The molecule has 2 rings (SSSR count). The summed E-state index contributed by atoms with van der Waals surface area (Å²) in [5.41, 5.74) is -0.0306. The summed E-state index contributed by atoms with van der Waals surface area (Å²) in [4.78, 5) is 23.3. The molecule has 1 amide bonds. The first-order valence-corrected chi connectivity index (χ1v) is 6.20. The van der Waals surface area contributed by atoms with Crippen LogP contribution in [0.25, 0.3) is 0 Å². The van der Waals surface area contributed by atoms with Crippen LogP contribution in [0, 0.1) is 5.82 Å².